The van der Waals surface area contributed by atoms with Crippen LogP contribution in [-0.2, 0) is 0 Å². The number of para-hydroxylation sites is 3. The Kier molecular flexibility index (Phi) is 7.40. The number of anilines is 3. The van der Waals surface area contributed by atoms with Gasteiger partial charge in [0.15, 0.2) is 0 Å². The molecule has 0 N–H and O–H groups in total. The smallest absolute Gasteiger partial charge is 0.145 e. The van der Waals surface area contributed by atoms with E-state index in [1.54, 1.807) is 0 Å². The molecule has 0 spiro atoms. The topological polar surface area (TPSA) is 21.3 Å². The standard InChI is InChI=1S/C54H34N2OS/c1-4-15-35(16-5-1)37-27-31-50-43(33-37)44-34-39(28-32-51(44)58-50)56(47-25-14-24-46-52(47)41-21-10-12-23-45(41)55(46)38-19-8-3-9-20-38)48-30-29-40(36-17-6-2-7-18-36)54-53(48)42-22-11-13-26-49(42)57-54/h1-34H. The van der Waals surface area contributed by atoms with Crippen molar-refractivity contribution >= 4 is 92.3 Å². The highest BCUT2D eigenvalue weighted by molar-refractivity contribution is 7.25. The molecule has 9 aromatic carbocycles. The van der Waals surface area contributed by atoms with Gasteiger partial charge in [0.1, 0.15) is 11.2 Å². The average molecular weight is 759 g/mol. The number of thiophene rings is 1. The summed E-state index contributed by atoms with van der Waals surface area (Å²) in [7, 11) is 0. The van der Waals surface area contributed by atoms with Crippen molar-refractivity contribution in [1.29, 1.82) is 0 Å². The van der Waals surface area contributed by atoms with Crippen molar-refractivity contribution in [2.24, 2.45) is 0 Å². The lowest BCUT2D eigenvalue weighted by molar-refractivity contribution is 0.670. The minimum Gasteiger partial charge on any atom is -0.455 e. The molecule has 0 radical (unpaired) electrons. The molecule has 0 unspecified atom stereocenters. The first-order valence-electron chi connectivity index (χ1n) is 19.7. The molecule has 0 bridgehead atoms. The summed E-state index contributed by atoms with van der Waals surface area (Å²) in [6, 6.07) is 74.4. The number of hydrogen-bond acceptors (Lipinski definition) is 3. The van der Waals surface area contributed by atoms with Crippen LogP contribution >= 0.6 is 11.3 Å². The Morgan fingerprint density at radius 3 is 1.86 bits per heavy atom. The molecule has 3 aromatic heterocycles. The molecule has 272 valence electrons. The Bertz CT molecular complexity index is 3500. The normalized spacial score (nSPS) is 11.8. The number of aromatic nitrogens is 1. The van der Waals surface area contributed by atoms with Gasteiger partial charge in [-0.3, -0.25) is 0 Å². The SMILES string of the molecule is c1ccc(-c2ccc3sc4ccc(N(c5ccc(-c6ccccc6)c6oc7ccccc7c56)c5cccc6c5c5ccccc5n6-c5ccccc5)cc4c3c2)cc1. The van der Waals surface area contributed by atoms with E-state index in [-0.39, 0.29) is 0 Å². The third-order valence-corrected chi connectivity index (χ3v) is 12.7. The van der Waals surface area contributed by atoms with E-state index < -0.39 is 0 Å². The minimum absolute atomic E-state index is 0.869. The Morgan fingerprint density at radius 1 is 0.414 bits per heavy atom. The van der Waals surface area contributed by atoms with E-state index in [1.165, 1.54) is 47.6 Å². The number of rotatable bonds is 6. The Morgan fingerprint density at radius 2 is 1.05 bits per heavy atom. The lowest BCUT2D eigenvalue weighted by Crippen LogP contribution is -2.11. The van der Waals surface area contributed by atoms with E-state index >= 15 is 0 Å². The molecule has 58 heavy (non-hydrogen) atoms. The van der Waals surface area contributed by atoms with Gasteiger partial charge in [-0.1, -0.05) is 127 Å². The summed E-state index contributed by atoms with van der Waals surface area (Å²) in [5.41, 5.74) is 13.1. The Hall–Kier alpha value is -7.40. The van der Waals surface area contributed by atoms with Crippen molar-refractivity contribution < 1.29 is 4.42 Å². The first-order chi connectivity index (χ1) is 28.8. The summed E-state index contributed by atoms with van der Waals surface area (Å²) in [5.74, 6) is 0. The quantitative estimate of drug-likeness (QED) is 0.168. The predicted octanol–water partition coefficient (Wildman–Crippen LogP) is 15.9. The second kappa shape index (κ2) is 13.1. The number of furan rings is 1. The predicted molar refractivity (Wildman–Crippen MR) is 247 cm³/mol. The highest BCUT2D eigenvalue weighted by Gasteiger charge is 2.26. The van der Waals surface area contributed by atoms with Crippen molar-refractivity contribution in [1.82, 2.24) is 4.57 Å². The van der Waals surface area contributed by atoms with Gasteiger partial charge in [-0.05, 0) is 95.6 Å². The number of benzene rings is 9. The van der Waals surface area contributed by atoms with Gasteiger partial charge < -0.3 is 13.9 Å². The highest BCUT2D eigenvalue weighted by Crippen LogP contribution is 2.50. The third kappa shape index (κ3) is 5.05. The molecule has 12 rings (SSSR count). The van der Waals surface area contributed by atoms with Crippen molar-refractivity contribution in [2.45, 2.75) is 0 Å². The molecule has 0 saturated carbocycles. The van der Waals surface area contributed by atoms with Gasteiger partial charge in [0.05, 0.1) is 27.8 Å². The molecule has 0 amide bonds. The van der Waals surface area contributed by atoms with E-state index in [0.29, 0.717) is 0 Å². The van der Waals surface area contributed by atoms with Crippen LogP contribution in [0, 0.1) is 0 Å². The van der Waals surface area contributed by atoms with Crippen LogP contribution < -0.4 is 4.90 Å². The lowest BCUT2D eigenvalue weighted by atomic mass is 9.99. The van der Waals surface area contributed by atoms with Crippen molar-refractivity contribution in [2.75, 3.05) is 4.90 Å². The van der Waals surface area contributed by atoms with Crippen LogP contribution in [0.15, 0.2) is 211 Å². The van der Waals surface area contributed by atoms with Crippen LogP contribution in [0.5, 0.6) is 0 Å². The van der Waals surface area contributed by atoms with Gasteiger partial charge in [0, 0.05) is 53.3 Å². The maximum absolute atomic E-state index is 6.86. The Balaban J connectivity index is 1.19. The molecule has 3 nitrogen and oxygen atoms in total. The van der Waals surface area contributed by atoms with Crippen LogP contribution in [0.3, 0.4) is 0 Å². The van der Waals surface area contributed by atoms with E-state index in [9.17, 15) is 0 Å². The maximum Gasteiger partial charge on any atom is 0.145 e. The van der Waals surface area contributed by atoms with Crippen LogP contribution in [0.2, 0.25) is 0 Å². The molecule has 0 aliphatic heterocycles. The van der Waals surface area contributed by atoms with Crippen LogP contribution in [0.25, 0.3) is 91.9 Å². The number of nitrogens with zero attached hydrogens (tertiary/aromatic N) is 2. The van der Waals surface area contributed by atoms with Crippen LogP contribution in [-0.4, -0.2) is 4.57 Å². The lowest BCUT2D eigenvalue weighted by Gasteiger charge is -2.28. The molecule has 3 heterocycles. The molecule has 0 aliphatic rings. The van der Waals surface area contributed by atoms with Gasteiger partial charge in [-0.15, -0.1) is 11.3 Å². The van der Waals surface area contributed by atoms with E-state index in [0.717, 1.165) is 61.3 Å². The minimum atomic E-state index is 0.869. The zero-order valence-electron chi connectivity index (χ0n) is 31.3. The van der Waals surface area contributed by atoms with Gasteiger partial charge >= 0.3 is 0 Å². The monoisotopic (exact) mass is 758 g/mol. The van der Waals surface area contributed by atoms with E-state index in [4.69, 9.17) is 4.42 Å². The first-order valence-corrected chi connectivity index (χ1v) is 20.5. The number of hydrogen-bond donors (Lipinski definition) is 0. The fourth-order valence-corrected chi connectivity index (χ4v) is 10.1. The zero-order chi connectivity index (χ0) is 38.2. The van der Waals surface area contributed by atoms with Gasteiger partial charge in [0.25, 0.3) is 0 Å². The Labute approximate surface area is 338 Å². The summed E-state index contributed by atoms with van der Waals surface area (Å²) in [6.45, 7) is 0. The summed E-state index contributed by atoms with van der Waals surface area (Å²) in [4.78, 5) is 2.48. The molecular formula is C54H34N2OS. The molecule has 0 fully saturated rings. The van der Waals surface area contributed by atoms with E-state index in [1.807, 2.05) is 11.3 Å². The molecule has 0 saturated heterocycles. The summed E-state index contributed by atoms with van der Waals surface area (Å²) >= 11 is 1.85. The van der Waals surface area contributed by atoms with Crippen LogP contribution in [0.4, 0.5) is 17.1 Å². The fourth-order valence-electron chi connectivity index (χ4n) is 9.01. The van der Waals surface area contributed by atoms with Gasteiger partial charge in [-0.25, -0.2) is 0 Å². The van der Waals surface area contributed by atoms with Crippen molar-refractivity contribution in [3.63, 3.8) is 0 Å². The van der Waals surface area contributed by atoms with E-state index in [2.05, 4.69) is 216 Å². The maximum atomic E-state index is 6.86. The second-order valence-electron chi connectivity index (χ2n) is 14.9. The van der Waals surface area contributed by atoms with Gasteiger partial charge in [-0.2, -0.15) is 0 Å². The second-order valence-corrected chi connectivity index (χ2v) is 15.9. The average Bonchev–Trinajstić information content (AvgIpc) is 3.97. The molecular weight excluding hydrogens is 725 g/mol. The molecule has 0 atom stereocenters. The number of fused-ring (bicyclic) bond motifs is 9. The van der Waals surface area contributed by atoms with Crippen molar-refractivity contribution in [3.05, 3.63) is 206 Å². The summed E-state index contributed by atoms with van der Waals surface area (Å²) < 4.78 is 11.8. The first kappa shape index (κ1) is 32.8. The summed E-state index contributed by atoms with van der Waals surface area (Å²) in [5, 5.41) is 7.07. The zero-order valence-corrected chi connectivity index (χ0v) is 32.2. The molecule has 12 aromatic rings. The third-order valence-electron chi connectivity index (χ3n) is 11.6. The highest BCUT2D eigenvalue weighted by atomic mass is 32.1. The van der Waals surface area contributed by atoms with Crippen LogP contribution in [0.1, 0.15) is 0 Å². The molecule has 0 aliphatic carbocycles. The summed E-state index contributed by atoms with van der Waals surface area (Å²) in [6.07, 6.45) is 0. The fraction of sp³-hybridized carbons (Fsp3) is 0. The van der Waals surface area contributed by atoms with Crippen molar-refractivity contribution in [3.8, 4) is 27.9 Å². The largest absolute Gasteiger partial charge is 0.455 e. The van der Waals surface area contributed by atoms with Gasteiger partial charge in [0.2, 0.25) is 0 Å². The molecule has 4 heteroatoms.